The van der Waals surface area contributed by atoms with Crippen LogP contribution in [0, 0.1) is 13.8 Å². The second-order valence-electron chi connectivity index (χ2n) is 7.21. The number of hydrogen-bond donors (Lipinski definition) is 2. The number of unbranched alkanes of at least 4 members (excludes halogenated alkanes) is 2. The third-order valence-corrected chi connectivity index (χ3v) is 5.54. The molecule has 0 atom stereocenters. The van der Waals surface area contributed by atoms with Gasteiger partial charge in [-0.05, 0) is 37.8 Å². The average Bonchev–Trinajstić information content (AvgIpc) is 3.17. The van der Waals surface area contributed by atoms with E-state index in [0.717, 1.165) is 47.5 Å². The van der Waals surface area contributed by atoms with E-state index in [1.165, 1.54) is 11.3 Å². The molecule has 0 aliphatic carbocycles. The SMILES string of the molecule is CCCCNC(=O)c1csc(CN(CCCC)C(=O)Nc2c(C)cccc2C)n1. The molecule has 2 N–H and O–H groups in total. The van der Waals surface area contributed by atoms with Crippen molar-refractivity contribution in [1.29, 1.82) is 0 Å². The number of urea groups is 1. The molecule has 0 aliphatic heterocycles. The molecule has 1 aromatic heterocycles. The maximum absolute atomic E-state index is 13.0. The van der Waals surface area contributed by atoms with Crippen molar-refractivity contribution in [2.24, 2.45) is 0 Å². The molecule has 7 heteroatoms. The summed E-state index contributed by atoms with van der Waals surface area (Å²) in [6.07, 6.45) is 3.89. The zero-order valence-corrected chi connectivity index (χ0v) is 18.7. The number of carbonyl (C=O) groups excluding carboxylic acids is 2. The van der Waals surface area contributed by atoms with E-state index in [9.17, 15) is 9.59 Å². The van der Waals surface area contributed by atoms with Gasteiger partial charge in [-0.15, -0.1) is 11.3 Å². The molecule has 0 unspecified atom stereocenters. The van der Waals surface area contributed by atoms with Gasteiger partial charge in [-0.2, -0.15) is 0 Å². The van der Waals surface area contributed by atoms with Crippen molar-refractivity contribution in [3.8, 4) is 0 Å². The molecule has 0 spiro atoms. The Hall–Kier alpha value is -2.41. The van der Waals surface area contributed by atoms with Crippen molar-refractivity contribution in [3.63, 3.8) is 0 Å². The lowest BCUT2D eigenvalue weighted by Crippen LogP contribution is -2.35. The molecule has 6 nitrogen and oxygen atoms in total. The molecule has 0 aliphatic rings. The zero-order valence-electron chi connectivity index (χ0n) is 17.9. The van der Waals surface area contributed by atoms with Crippen LogP contribution in [-0.4, -0.2) is 34.9 Å². The summed E-state index contributed by atoms with van der Waals surface area (Å²) in [4.78, 5) is 31.4. The van der Waals surface area contributed by atoms with E-state index in [-0.39, 0.29) is 11.9 Å². The molecule has 158 valence electrons. The summed E-state index contributed by atoms with van der Waals surface area (Å²) in [5.74, 6) is -0.152. The zero-order chi connectivity index (χ0) is 21.2. The van der Waals surface area contributed by atoms with Crippen LogP contribution in [0.1, 0.15) is 66.2 Å². The number of carbonyl (C=O) groups is 2. The van der Waals surface area contributed by atoms with Gasteiger partial charge in [-0.25, -0.2) is 9.78 Å². The molecule has 2 aromatic rings. The first-order chi connectivity index (χ1) is 14.0. The van der Waals surface area contributed by atoms with Crippen LogP contribution in [0.2, 0.25) is 0 Å². The number of hydrogen-bond acceptors (Lipinski definition) is 4. The van der Waals surface area contributed by atoms with Gasteiger partial charge < -0.3 is 15.5 Å². The van der Waals surface area contributed by atoms with E-state index in [0.29, 0.717) is 25.3 Å². The van der Waals surface area contributed by atoms with Crippen LogP contribution in [0.15, 0.2) is 23.6 Å². The standard InChI is InChI=1S/C22H32N4O2S/c1-5-7-12-23-21(27)18-15-29-19(24-18)14-26(13-8-6-2)22(28)25-20-16(3)10-9-11-17(20)4/h9-11,15H,5-8,12-14H2,1-4H3,(H,23,27)(H,25,28). The molecular formula is C22H32N4O2S. The fourth-order valence-corrected chi connectivity index (χ4v) is 3.71. The molecule has 0 saturated heterocycles. The predicted molar refractivity (Wildman–Crippen MR) is 120 cm³/mol. The third kappa shape index (κ3) is 6.85. The molecule has 0 fully saturated rings. The largest absolute Gasteiger partial charge is 0.351 e. The van der Waals surface area contributed by atoms with Crippen LogP contribution >= 0.6 is 11.3 Å². The Morgan fingerprint density at radius 1 is 1.10 bits per heavy atom. The summed E-state index contributed by atoms with van der Waals surface area (Å²) in [5.41, 5.74) is 3.35. The molecule has 1 aromatic carbocycles. The first-order valence-electron chi connectivity index (χ1n) is 10.3. The lowest BCUT2D eigenvalue weighted by Gasteiger charge is -2.23. The summed E-state index contributed by atoms with van der Waals surface area (Å²) in [6.45, 7) is 9.86. The first-order valence-corrected chi connectivity index (χ1v) is 11.2. The first kappa shape index (κ1) is 22.9. The maximum atomic E-state index is 13.0. The van der Waals surface area contributed by atoms with E-state index < -0.39 is 0 Å². The van der Waals surface area contributed by atoms with Crippen molar-refractivity contribution in [3.05, 3.63) is 45.4 Å². The highest BCUT2D eigenvalue weighted by atomic mass is 32.1. The van der Waals surface area contributed by atoms with Crippen LogP contribution in [-0.2, 0) is 6.54 Å². The van der Waals surface area contributed by atoms with E-state index >= 15 is 0 Å². The van der Waals surface area contributed by atoms with Crippen molar-refractivity contribution in [1.82, 2.24) is 15.2 Å². The molecule has 0 bridgehead atoms. The fraction of sp³-hybridized carbons (Fsp3) is 0.500. The maximum Gasteiger partial charge on any atom is 0.322 e. The molecule has 3 amide bonds. The van der Waals surface area contributed by atoms with Gasteiger partial charge >= 0.3 is 6.03 Å². The topological polar surface area (TPSA) is 74.3 Å². The Balaban J connectivity index is 2.06. The predicted octanol–water partition coefficient (Wildman–Crippen LogP) is 5.12. The van der Waals surface area contributed by atoms with E-state index in [1.807, 2.05) is 32.0 Å². The number of para-hydroxylation sites is 1. The number of nitrogens with one attached hydrogen (secondary N) is 2. The molecular weight excluding hydrogens is 384 g/mol. The number of aryl methyl sites for hydroxylation is 2. The Morgan fingerprint density at radius 3 is 2.45 bits per heavy atom. The van der Waals surface area contributed by atoms with Gasteiger partial charge in [0, 0.05) is 24.2 Å². The number of anilines is 1. The normalized spacial score (nSPS) is 10.6. The highest BCUT2D eigenvalue weighted by Crippen LogP contribution is 2.21. The van der Waals surface area contributed by atoms with Crippen molar-refractivity contribution in [2.75, 3.05) is 18.4 Å². The lowest BCUT2D eigenvalue weighted by atomic mass is 10.1. The smallest absolute Gasteiger partial charge is 0.322 e. The van der Waals surface area contributed by atoms with E-state index in [4.69, 9.17) is 0 Å². The van der Waals surface area contributed by atoms with Crippen molar-refractivity contribution >= 4 is 29.0 Å². The molecule has 1 heterocycles. The molecule has 2 rings (SSSR count). The van der Waals surface area contributed by atoms with E-state index in [2.05, 4.69) is 29.5 Å². The second-order valence-corrected chi connectivity index (χ2v) is 8.15. The van der Waals surface area contributed by atoms with Crippen LogP contribution < -0.4 is 10.6 Å². The number of nitrogens with zero attached hydrogens (tertiary/aromatic N) is 2. The van der Waals surface area contributed by atoms with Crippen molar-refractivity contribution < 1.29 is 9.59 Å². The summed E-state index contributed by atoms with van der Waals surface area (Å²) >= 11 is 1.42. The Bertz CT molecular complexity index is 799. The van der Waals surface area contributed by atoms with Crippen LogP contribution in [0.25, 0.3) is 0 Å². The van der Waals surface area contributed by atoms with Crippen LogP contribution in [0.5, 0.6) is 0 Å². The minimum Gasteiger partial charge on any atom is -0.351 e. The summed E-state index contributed by atoms with van der Waals surface area (Å²) in [7, 11) is 0. The summed E-state index contributed by atoms with van der Waals surface area (Å²) in [6, 6.07) is 5.82. The molecule has 29 heavy (non-hydrogen) atoms. The van der Waals surface area contributed by atoms with Crippen LogP contribution in [0.3, 0.4) is 0 Å². The fourth-order valence-electron chi connectivity index (χ4n) is 2.92. The molecule has 0 saturated carbocycles. The Kier molecular flexibility index (Phi) is 9.12. The quantitative estimate of drug-likeness (QED) is 0.528. The van der Waals surface area contributed by atoms with E-state index in [1.54, 1.807) is 10.3 Å². The number of aromatic nitrogens is 1. The minimum atomic E-state index is -0.152. The van der Waals surface area contributed by atoms with Crippen molar-refractivity contribution in [2.45, 2.75) is 59.9 Å². The number of amides is 3. The molecule has 0 radical (unpaired) electrons. The number of benzene rings is 1. The van der Waals surface area contributed by atoms with Gasteiger partial charge in [0.2, 0.25) is 0 Å². The van der Waals surface area contributed by atoms with Gasteiger partial charge in [-0.3, -0.25) is 4.79 Å². The van der Waals surface area contributed by atoms with Crippen LogP contribution in [0.4, 0.5) is 10.5 Å². The second kappa shape index (κ2) is 11.6. The summed E-state index contributed by atoms with van der Waals surface area (Å²) in [5, 5.41) is 8.46. The average molecular weight is 417 g/mol. The Labute approximate surface area is 177 Å². The number of rotatable bonds is 10. The highest BCUT2D eigenvalue weighted by Gasteiger charge is 2.18. The summed E-state index contributed by atoms with van der Waals surface area (Å²) < 4.78 is 0. The number of thiazole rings is 1. The van der Waals surface area contributed by atoms with Gasteiger partial charge in [-0.1, -0.05) is 44.9 Å². The minimum absolute atomic E-state index is 0.139. The monoisotopic (exact) mass is 416 g/mol. The lowest BCUT2D eigenvalue weighted by molar-refractivity contribution is 0.0948. The van der Waals surface area contributed by atoms with Gasteiger partial charge in [0.05, 0.1) is 6.54 Å². The Morgan fingerprint density at radius 2 is 1.79 bits per heavy atom. The highest BCUT2D eigenvalue weighted by molar-refractivity contribution is 7.09. The van der Waals surface area contributed by atoms with Gasteiger partial charge in [0.25, 0.3) is 5.91 Å². The third-order valence-electron chi connectivity index (χ3n) is 4.71. The van der Waals surface area contributed by atoms with Gasteiger partial charge in [0.1, 0.15) is 10.7 Å². The van der Waals surface area contributed by atoms with Gasteiger partial charge in [0.15, 0.2) is 0 Å².